The third-order valence-corrected chi connectivity index (χ3v) is 10.9. The largest absolute Gasteiger partial charge is 0.393 e. The summed E-state index contributed by atoms with van der Waals surface area (Å²) in [6.45, 7) is 10.2. The van der Waals surface area contributed by atoms with E-state index in [4.69, 9.17) is 4.74 Å². The fourth-order valence-corrected chi connectivity index (χ4v) is 9.22. The maximum Gasteiger partial charge on any atom is 0.219 e. The third kappa shape index (κ3) is 3.98. The first-order valence-electron chi connectivity index (χ1n) is 13.2. The zero-order valence-corrected chi connectivity index (χ0v) is 20.7. The summed E-state index contributed by atoms with van der Waals surface area (Å²) in [5.74, 6) is 3.87. The highest BCUT2D eigenvalue weighted by Crippen LogP contribution is 2.68. The molecule has 178 valence electrons. The second kappa shape index (κ2) is 8.97. The lowest BCUT2D eigenvalue weighted by Gasteiger charge is -2.62. The highest BCUT2D eigenvalue weighted by molar-refractivity contribution is 5.75. The Bertz CT molecular complexity index is 652. The normalized spacial score (nSPS) is 47.7. The molecule has 0 aromatic heterocycles. The van der Waals surface area contributed by atoms with E-state index in [2.05, 4.69) is 26.1 Å². The van der Waals surface area contributed by atoms with E-state index in [1.54, 1.807) is 0 Å². The summed E-state index contributed by atoms with van der Waals surface area (Å²) in [5, 5.41) is 14.4. The van der Waals surface area contributed by atoms with Crippen LogP contribution in [0.2, 0.25) is 0 Å². The average Bonchev–Trinajstić information content (AvgIpc) is 3.09. The maximum absolute atomic E-state index is 12.0. The molecule has 0 aromatic rings. The minimum atomic E-state index is -0.146. The zero-order valence-electron chi connectivity index (χ0n) is 20.7. The van der Waals surface area contributed by atoms with Crippen LogP contribution in [0.25, 0.3) is 0 Å². The van der Waals surface area contributed by atoms with Crippen LogP contribution in [-0.4, -0.2) is 36.9 Å². The van der Waals surface area contributed by atoms with Crippen molar-refractivity contribution in [1.29, 1.82) is 0 Å². The SMILES string of the molecule is CCNC(=O)CC[C@H](C)C1CCC2C3C(CC[C@@]21C)[C@@]1(C)CC[C@@H](OC)C[C@H]1C[C@H]3O. The number of aliphatic hydroxyl groups excluding tert-OH is 1. The minimum absolute atomic E-state index is 0.146. The molecule has 0 aliphatic heterocycles. The number of hydrogen-bond acceptors (Lipinski definition) is 3. The van der Waals surface area contributed by atoms with Gasteiger partial charge in [0.25, 0.3) is 0 Å². The second-order valence-electron chi connectivity index (χ2n) is 12.1. The van der Waals surface area contributed by atoms with Crippen LogP contribution in [0.1, 0.15) is 91.9 Å². The Morgan fingerprint density at radius 3 is 2.52 bits per heavy atom. The van der Waals surface area contributed by atoms with Gasteiger partial charge in [-0.2, -0.15) is 0 Å². The summed E-state index contributed by atoms with van der Waals surface area (Å²) in [5.41, 5.74) is 0.706. The number of rotatable bonds is 6. The second-order valence-corrected chi connectivity index (χ2v) is 12.1. The number of fused-ring (bicyclic) bond motifs is 5. The zero-order chi connectivity index (χ0) is 22.4. The Morgan fingerprint density at radius 1 is 1.10 bits per heavy atom. The molecule has 4 nitrogen and oxygen atoms in total. The van der Waals surface area contributed by atoms with Crippen molar-refractivity contribution in [3.8, 4) is 0 Å². The van der Waals surface area contributed by atoms with Gasteiger partial charge in [0.05, 0.1) is 12.2 Å². The van der Waals surface area contributed by atoms with Crippen LogP contribution in [0.5, 0.6) is 0 Å². The van der Waals surface area contributed by atoms with Gasteiger partial charge >= 0.3 is 0 Å². The smallest absolute Gasteiger partial charge is 0.219 e. The molecule has 0 heterocycles. The van der Waals surface area contributed by atoms with Gasteiger partial charge in [0.1, 0.15) is 0 Å². The average molecular weight is 434 g/mol. The number of carbonyl (C=O) groups excluding carboxylic acids is 1. The quantitative estimate of drug-likeness (QED) is 0.606. The molecule has 4 saturated carbocycles. The van der Waals surface area contributed by atoms with Crippen LogP contribution in [0, 0.1) is 46.3 Å². The van der Waals surface area contributed by atoms with Gasteiger partial charge in [0.2, 0.25) is 5.91 Å². The summed E-state index contributed by atoms with van der Waals surface area (Å²) in [7, 11) is 1.85. The number of carbonyl (C=O) groups is 1. The van der Waals surface area contributed by atoms with Crippen LogP contribution in [0.4, 0.5) is 0 Å². The Kier molecular flexibility index (Phi) is 6.81. The summed E-state index contributed by atoms with van der Waals surface area (Å²) in [6.07, 6.45) is 11.6. The summed E-state index contributed by atoms with van der Waals surface area (Å²) >= 11 is 0. The van der Waals surface area contributed by atoms with Gasteiger partial charge in [-0.25, -0.2) is 0 Å². The van der Waals surface area contributed by atoms with E-state index in [-0.39, 0.29) is 12.0 Å². The lowest BCUT2D eigenvalue weighted by atomic mass is 9.43. The van der Waals surface area contributed by atoms with E-state index >= 15 is 0 Å². The van der Waals surface area contributed by atoms with Crippen molar-refractivity contribution < 1.29 is 14.6 Å². The van der Waals surface area contributed by atoms with E-state index in [0.29, 0.717) is 58.9 Å². The molecule has 4 aliphatic carbocycles. The highest BCUT2D eigenvalue weighted by atomic mass is 16.5. The molecule has 4 rings (SSSR count). The first kappa shape index (κ1) is 23.5. The Labute approximate surface area is 190 Å². The van der Waals surface area contributed by atoms with Gasteiger partial charge in [0.15, 0.2) is 0 Å². The lowest BCUT2D eigenvalue weighted by molar-refractivity contribution is -0.176. The van der Waals surface area contributed by atoms with Gasteiger partial charge < -0.3 is 15.2 Å². The topological polar surface area (TPSA) is 58.6 Å². The predicted octanol–water partition coefficient (Wildman–Crippen LogP) is 5.18. The molecule has 4 fully saturated rings. The standard InChI is InChI=1S/C27H47NO3/c1-6-28-24(30)10-7-17(2)20-8-9-21-25-22(12-14-27(20,21)4)26(3)13-11-19(31-5)15-18(26)16-23(25)29/h17-23,25,29H,6-16H2,1-5H3,(H,28,30)/t17-,18-,19+,20?,21?,22?,23+,25?,26-,27+/m0/s1. The summed E-state index contributed by atoms with van der Waals surface area (Å²) < 4.78 is 5.73. The Morgan fingerprint density at radius 2 is 1.81 bits per heavy atom. The van der Waals surface area contributed by atoms with Crippen LogP contribution in [-0.2, 0) is 9.53 Å². The van der Waals surface area contributed by atoms with Crippen molar-refractivity contribution in [2.45, 2.75) is 104 Å². The van der Waals surface area contributed by atoms with Crippen LogP contribution in [0.15, 0.2) is 0 Å². The van der Waals surface area contributed by atoms with Crippen molar-refractivity contribution in [3.05, 3.63) is 0 Å². The van der Waals surface area contributed by atoms with E-state index in [1.807, 2.05) is 14.0 Å². The number of hydrogen-bond donors (Lipinski definition) is 2. The molecule has 10 atom stereocenters. The molecule has 4 aliphatic rings. The first-order valence-corrected chi connectivity index (χ1v) is 13.2. The molecule has 31 heavy (non-hydrogen) atoms. The molecule has 2 N–H and O–H groups in total. The van der Waals surface area contributed by atoms with Crippen molar-refractivity contribution in [1.82, 2.24) is 5.32 Å². The third-order valence-electron chi connectivity index (χ3n) is 10.9. The number of amides is 1. The van der Waals surface area contributed by atoms with Gasteiger partial charge in [-0.1, -0.05) is 20.8 Å². The van der Waals surface area contributed by atoms with Crippen molar-refractivity contribution in [3.63, 3.8) is 0 Å². The van der Waals surface area contributed by atoms with Gasteiger partial charge in [-0.15, -0.1) is 0 Å². The van der Waals surface area contributed by atoms with Crippen LogP contribution < -0.4 is 5.32 Å². The van der Waals surface area contributed by atoms with Gasteiger partial charge in [-0.3, -0.25) is 4.79 Å². The minimum Gasteiger partial charge on any atom is -0.393 e. The van der Waals surface area contributed by atoms with E-state index in [1.165, 1.54) is 38.5 Å². The van der Waals surface area contributed by atoms with Crippen molar-refractivity contribution >= 4 is 5.91 Å². The van der Waals surface area contributed by atoms with E-state index in [9.17, 15) is 9.90 Å². The fourth-order valence-electron chi connectivity index (χ4n) is 9.22. The van der Waals surface area contributed by atoms with Gasteiger partial charge in [0, 0.05) is 20.1 Å². The van der Waals surface area contributed by atoms with Crippen molar-refractivity contribution in [2.75, 3.05) is 13.7 Å². The summed E-state index contributed by atoms with van der Waals surface area (Å²) in [4.78, 5) is 12.0. The summed E-state index contributed by atoms with van der Waals surface area (Å²) in [6, 6.07) is 0. The predicted molar refractivity (Wildman–Crippen MR) is 124 cm³/mol. The molecule has 4 unspecified atom stereocenters. The highest BCUT2D eigenvalue weighted by Gasteiger charge is 2.62. The number of aliphatic hydroxyl groups is 1. The number of methoxy groups -OCH3 is 1. The lowest BCUT2D eigenvalue weighted by Crippen LogP contribution is -2.58. The number of nitrogens with one attached hydrogen (secondary N) is 1. The maximum atomic E-state index is 12.0. The van der Waals surface area contributed by atoms with E-state index in [0.717, 1.165) is 25.8 Å². The molecule has 0 radical (unpaired) electrons. The van der Waals surface area contributed by atoms with Gasteiger partial charge in [-0.05, 0) is 111 Å². The Hall–Kier alpha value is -0.610. The molecular weight excluding hydrogens is 386 g/mol. The van der Waals surface area contributed by atoms with Crippen LogP contribution in [0.3, 0.4) is 0 Å². The monoisotopic (exact) mass is 433 g/mol. The molecular formula is C27H47NO3. The van der Waals surface area contributed by atoms with E-state index < -0.39 is 0 Å². The molecule has 0 bridgehead atoms. The molecule has 0 saturated heterocycles. The molecule has 0 aromatic carbocycles. The molecule has 4 heteroatoms. The number of ether oxygens (including phenoxy) is 1. The molecule has 1 amide bonds. The van der Waals surface area contributed by atoms with Crippen LogP contribution >= 0.6 is 0 Å². The first-order chi connectivity index (χ1) is 14.7. The Balaban J connectivity index is 1.49. The van der Waals surface area contributed by atoms with Crippen molar-refractivity contribution in [2.24, 2.45) is 46.3 Å². The molecule has 0 spiro atoms. The fraction of sp³-hybridized carbons (Fsp3) is 0.963.